The van der Waals surface area contributed by atoms with E-state index in [1.165, 1.54) is 0 Å². The highest BCUT2D eigenvalue weighted by atomic mass is 16.7. The second-order valence-electron chi connectivity index (χ2n) is 1.47. The average Bonchev–Trinajstić information content (AvgIpc) is 1.89. The van der Waals surface area contributed by atoms with E-state index in [2.05, 4.69) is 6.58 Å². The lowest BCUT2D eigenvalue weighted by atomic mass is 10.7. The Morgan fingerprint density at radius 2 is 2.22 bits per heavy atom. The lowest BCUT2D eigenvalue weighted by Gasteiger charge is -2.00. The molecule has 0 unspecified atom stereocenters. The third-order valence-corrected chi connectivity index (χ3v) is 0.665. The van der Waals surface area contributed by atoms with Crippen molar-refractivity contribution < 1.29 is 9.47 Å². The van der Waals surface area contributed by atoms with Gasteiger partial charge in [-0.2, -0.15) is 0 Å². The number of hydrogen-bond donors (Lipinski definition) is 1. The van der Waals surface area contributed by atoms with E-state index < -0.39 is 0 Å². The standard InChI is InChI=1S/C6H13NO2/c1-2-4-8-6-9-5-3-7/h2H,1,3-7H2. The fraction of sp³-hybridized carbons (Fsp3) is 0.667. The zero-order chi connectivity index (χ0) is 6.95. The maximum absolute atomic E-state index is 5.14. The number of nitrogens with two attached hydrogens (primary N) is 1. The van der Waals surface area contributed by atoms with Gasteiger partial charge in [-0.1, -0.05) is 6.08 Å². The molecular weight excluding hydrogens is 118 g/mol. The largest absolute Gasteiger partial charge is 0.354 e. The van der Waals surface area contributed by atoms with Crippen LogP contribution in [0.15, 0.2) is 12.7 Å². The van der Waals surface area contributed by atoms with E-state index in [1.54, 1.807) is 6.08 Å². The van der Waals surface area contributed by atoms with Gasteiger partial charge >= 0.3 is 0 Å². The van der Waals surface area contributed by atoms with E-state index in [1.807, 2.05) is 0 Å². The van der Waals surface area contributed by atoms with Gasteiger partial charge in [-0.05, 0) is 0 Å². The van der Waals surface area contributed by atoms with Gasteiger partial charge in [0.1, 0.15) is 6.79 Å². The van der Waals surface area contributed by atoms with Gasteiger partial charge in [0, 0.05) is 6.54 Å². The zero-order valence-electron chi connectivity index (χ0n) is 5.51. The van der Waals surface area contributed by atoms with Crippen molar-refractivity contribution in [3.8, 4) is 0 Å². The molecule has 0 heterocycles. The molecule has 3 nitrogen and oxygen atoms in total. The molecule has 9 heavy (non-hydrogen) atoms. The average molecular weight is 131 g/mol. The van der Waals surface area contributed by atoms with E-state index in [9.17, 15) is 0 Å². The second kappa shape index (κ2) is 7.62. The van der Waals surface area contributed by atoms with Crippen LogP contribution in [0.2, 0.25) is 0 Å². The third kappa shape index (κ3) is 7.62. The Labute approximate surface area is 55.4 Å². The van der Waals surface area contributed by atoms with Crippen LogP contribution in [0, 0.1) is 0 Å². The fourth-order valence-electron chi connectivity index (χ4n) is 0.333. The Bertz CT molecular complexity index is 66.1. The smallest absolute Gasteiger partial charge is 0.147 e. The van der Waals surface area contributed by atoms with Crippen molar-refractivity contribution in [3.63, 3.8) is 0 Å². The summed E-state index contributed by atoms with van der Waals surface area (Å²) in [6.07, 6.45) is 1.67. The van der Waals surface area contributed by atoms with E-state index in [4.69, 9.17) is 15.2 Å². The van der Waals surface area contributed by atoms with Crippen LogP contribution in [0.5, 0.6) is 0 Å². The molecule has 54 valence electrons. The first-order valence-corrected chi connectivity index (χ1v) is 2.88. The highest BCUT2D eigenvalue weighted by molar-refractivity contribution is 4.62. The van der Waals surface area contributed by atoms with Crippen LogP contribution in [0.1, 0.15) is 0 Å². The molecule has 2 N–H and O–H groups in total. The van der Waals surface area contributed by atoms with Crippen LogP contribution in [0.3, 0.4) is 0 Å². The van der Waals surface area contributed by atoms with E-state index in [-0.39, 0.29) is 0 Å². The lowest BCUT2D eigenvalue weighted by Crippen LogP contribution is -2.10. The zero-order valence-corrected chi connectivity index (χ0v) is 5.51. The molecule has 0 aliphatic carbocycles. The minimum absolute atomic E-state index is 0.309. The van der Waals surface area contributed by atoms with Gasteiger partial charge in [0.2, 0.25) is 0 Å². The summed E-state index contributed by atoms with van der Waals surface area (Å²) < 4.78 is 9.78. The number of rotatable bonds is 6. The number of hydrogen-bond acceptors (Lipinski definition) is 3. The molecule has 0 saturated heterocycles. The predicted octanol–water partition coefficient (Wildman–Crippen LogP) is 0.122. The van der Waals surface area contributed by atoms with E-state index in [0.29, 0.717) is 26.6 Å². The molecule has 3 heteroatoms. The molecule has 0 atom stereocenters. The molecule has 0 saturated carbocycles. The quantitative estimate of drug-likeness (QED) is 0.316. The maximum atomic E-state index is 5.14. The van der Waals surface area contributed by atoms with Crippen LogP contribution in [-0.4, -0.2) is 26.6 Å². The number of ether oxygens (including phenoxy) is 2. The molecule has 0 aromatic heterocycles. The first-order chi connectivity index (χ1) is 4.41. The molecule has 0 aromatic carbocycles. The summed E-state index contributed by atoms with van der Waals surface area (Å²) in [5.41, 5.74) is 5.14. The highest BCUT2D eigenvalue weighted by Gasteiger charge is 1.81. The first kappa shape index (κ1) is 8.62. The topological polar surface area (TPSA) is 44.5 Å². The van der Waals surface area contributed by atoms with E-state index in [0.717, 1.165) is 0 Å². The summed E-state index contributed by atoms with van der Waals surface area (Å²) in [5, 5.41) is 0. The maximum Gasteiger partial charge on any atom is 0.147 e. The van der Waals surface area contributed by atoms with Gasteiger partial charge < -0.3 is 15.2 Å². The van der Waals surface area contributed by atoms with Gasteiger partial charge in [0.05, 0.1) is 13.2 Å². The minimum Gasteiger partial charge on any atom is -0.354 e. The molecule has 0 amide bonds. The molecule has 0 aliphatic rings. The van der Waals surface area contributed by atoms with Gasteiger partial charge in [-0.3, -0.25) is 0 Å². The normalized spacial score (nSPS) is 9.44. The summed E-state index contributed by atoms with van der Waals surface area (Å²) >= 11 is 0. The molecule has 0 aromatic rings. The Morgan fingerprint density at radius 1 is 1.44 bits per heavy atom. The van der Waals surface area contributed by atoms with Gasteiger partial charge in [0.15, 0.2) is 0 Å². The monoisotopic (exact) mass is 131 g/mol. The van der Waals surface area contributed by atoms with Crippen LogP contribution in [-0.2, 0) is 9.47 Å². The van der Waals surface area contributed by atoms with Crippen LogP contribution in [0.25, 0.3) is 0 Å². The second-order valence-corrected chi connectivity index (χ2v) is 1.47. The summed E-state index contributed by atoms with van der Waals surface area (Å²) in [7, 11) is 0. The molecule has 0 rings (SSSR count). The van der Waals surface area contributed by atoms with E-state index >= 15 is 0 Å². The van der Waals surface area contributed by atoms with Crippen molar-refractivity contribution in [2.75, 3.05) is 26.6 Å². The fourth-order valence-corrected chi connectivity index (χ4v) is 0.333. The summed E-state index contributed by atoms with van der Waals surface area (Å²) in [4.78, 5) is 0. The lowest BCUT2D eigenvalue weighted by molar-refractivity contribution is -0.0408. The van der Waals surface area contributed by atoms with Crippen molar-refractivity contribution in [2.24, 2.45) is 5.73 Å². The predicted molar refractivity (Wildman–Crippen MR) is 36.0 cm³/mol. The SMILES string of the molecule is C=CCOCOCCN. The molecular formula is C6H13NO2. The Morgan fingerprint density at radius 3 is 2.78 bits per heavy atom. The molecule has 0 bridgehead atoms. The molecule has 0 fully saturated rings. The first-order valence-electron chi connectivity index (χ1n) is 2.88. The van der Waals surface area contributed by atoms with Gasteiger partial charge in [-0.25, -0.2) is 0 Å². The van der Waals surface area contributed by atoms with Crippen LogP contribution < -0.4 is 5.73 Å². The Hall–Kier alpha value is -0.380. The molecule has 0 spiro atoms. The molecule has 0 aliphatic heterocycles. The van der Waals surface area contributed by atoms with Crippen LogP contribution >= 0.6 is 0 Å². The summed E-state index contributed by atoms with van der Waals surface area (Å²) in [5.74, 6) is 0. The van der Waals surface area contributed by atoms with Crippen LogP contribution in [0.4, 0.5) is 0 Å². The van der Waals surface area contributed by atoms with Crippen molar-refractivity contribution in [1.29, 1.82) is 0 Å². The minimum atomic E-state index is 0.309. The van der Waals surface area contributed by atoms with Crippen molar-refractivity contribution >= 4 is 0 Å². The van der Waals surface area contributed by atoms with Gasteiger partial charge in [0.25, 0.3) is 0 Å². The Balaban J connectivity index is 2.66. The van der Waals surface area contributed by atoms with Crippen molar-refractivity contribution in [3.05, 3.63) is 12.7 Å². The van der Waals surface area contributed by atoms with Crippen molar-refractivity contribution in [2.45, 2.75) is 0 Å². The summed E-state index contributed by atoms with van der Waals surface area (Å²) in [6, 6.07) is 0. The van der Waals surface area contributed by atoms with Gasteiger partial charge in [-0.15, -0.1) is 6.58 Å². The third-order valence-electron chi connectivity index (χ3n) is 0.665. The highest BCUT2D eigenvalue weighted by Crippen LogP contribution is 1.76. The van der Waals surface area contributed by atoms with Crippen molar-refractivity contribution in [1.82, 2.24) is 0 Å². The summed E-state index contributed by atoms with van der Waals surface area (Å²) in [6.45, 7) is 5.41. The molecule has 0 radical (unpaired) electrons. The Kier molecular flexibility index (Phi) is 7.30.